The second-order valence-electron chi connectivity index (χ2n) is 6.80. The second kappa shape index (κ2) is 6.20. The van der Waals surface area contributed by atoms with Gasteiger partial charge < -0.3 is 9.80 Å². The Morgan fingerprint density at radius 2 is 1.09 bits per heavy atom. The smallest absolute Gasteiger partial charge is 0.0904 e. The van der Waals surface area contributed by atoms with Crippen molar-refractivity contribution in [2.24, 2.45) is 0 Å². The molecule has 23 heavy (non-hydrogen) atoms. The van der Waals surface area contributed by atoms with Gasteiger partial charge in [0.15, 0.2) is 0 Å². The fraction of sp³-hybridized carbons (Fsp3) is 0.400. The Morgan fingerprint density at radius 1 is 0.696 bits per heavy atom. The maximum atomic E-state index is 3.60. The van der Waals surface area contributed by atoms with Crippen molar-refractivity contribution in [3.05, 3.63) is 56.6 Å². The Kier molecular flexibility index (Phi) is 4.41. The largest absolute Gasteiger partial charge is 0.352 e. The zero-order chi connectivity index (χ0) is 16.7. The van der Waals surface area contributed by atoms with Crippen LogP contribution in [0.15, 0.2) is 28.7 Å². The highest BCUT2D eigenvalue weighted by atomic mass is 79.9. The minimum absolute atomic E-state index is 0.966. The minimum atomic E-state index is 0.966. The number of halogens is 1. The fourth-order valence-corrected chi connectivity index (χ4v) is 4.71. The summed E-state index contributed by atoms with van der Waals surface area (Å²) in [7, 11) is 0. The number of anilines is 2. The standard InChI is InChI=1S/C20H25BrN2/c1-13-8-14(2)19(15(3)9-13)22-6-7-23(12-22)20-16(4)10-18(21)11-17(20)5/h8-11H,6-7,12H2,1-5H3. The van der Waals surface area contributed by atoms with Gasteiger partial charge in [-0.1, -0.05) is 33.6 Å². The molecular formula is C20H25BrN2. The lowest BCUT2D eigenvalue weighted by atomic mass is 10.0. The van der Waals surface area contributed by atoms with Crippen molar-refractivity contribution in [3.8, 4) is 0 Å². The molecule has 0 aliphatic carbocycles. The zero-order valence-corrected chi connectivity index (χ0v) is 16.3. The number of hydrogen-bond donors (Lipinski definition) is 0. The Balaban J connectivity index is 1.91. The highest BCUT2D eigenvalue weighted by molar-refractivity contribution is 9.10. The molecule has 1 heterocycles. The lowest BCUT2D eigenvalue weighted by Crippen LogP contribution is -2.27. The van der Waals surface area contributed by atoms with E-state index in [1.54, 1.807) is 0 Å². The van der Waals surface area contributed by atoms with Gasteiger partial charge in [0.25, 0.3) is 0 Å². The number of hydrogen-bond acceptors (Lipinski definition) is 2. The molecule has 0 N–H and O–H groups in total. The second-order valence-corrected chi connectivity index (χ2v) is 7.72. The summed E-state index contributed by atoms with van der Waals surface area (Å²) in [6.07, 6.45) is 0. The number of nitrogens with zero attached hydrogens (tertiary/aromatic N) is 2. The van der Waals surface area contributed by atoms with Gasteiger partial charge in [0.1, 0.15) is 0 Å². The number of benzene rings is 2. The average Bonchev–Trinajstić information content (AvgIpc) is 2.85. The highest BCUT2D eigenvalue weighted by Crippen LogP contribution is 2.33. The van der Waals surface area contributed by atoms with Crippen LogP contribution in [0.5, 0.6) is 0 Å². The van der Waals surface area contributed by atoms with Crippen molar-refractivity contribution >= 4 is 27.3 Å². The lowest BCUT2D eigenvalue weighted by Gasteiger charge is -2.26. The Hall–Kier alpha value is -1.48. The van der Waals surface area contributed by atoms with E-state index in [-0.39, 0.29) is 0 Å². The van der Waals surface area contributed by atoms with Gasteiger partial charge in [-0.25, -0.2) is 0 Å². The van der Waals surface area contributed by atoms with Gasteiger partial charge in [0.2, 0.25) is 0 Å². The minimum Gasteiger partial charge on any atom is -0.352 e. The maximum Gasteiger partial charge on any atom is 0.0904 e. The molecule has 2 aromatic rings. The molecule has 122 valence electrons. The van der Waals surface area contributed by atoms with Gasteiger partial charge in [0.05, 0.1) is 6.67 Å². The molecule has 1 aliphatic heterocycles. The Morgan fingerprint density at radius 3 is 1.52 bits per heavy atom. The van der Waals surface area contributed by atoms with Crippen LogP contribution >= 0.6 is 15.9 Å². The van der Waals surface area contributed by atoms with E-state index in [9.17, 15) is 0 Å². The number of rotatable bonds is 2. The van der Waals surface area contributed by atoms with E-state index in [1.807, 2.05) is 0 Å². The summed E-state index contributed by atoms with van der Waals surface area (Å²) >= 11 is 3.60. The predicted molar refractivity (Wildman–Crippen MR) is 104 cm³/mol. The summed E-state index contributed by atoms with van der Waals surface area (Å²) in [6.45, 7) is 14.2. The maximum absolute atomic E-state index is 3.60. The third kappa shape index (κ3) is 3.12. The molecule has 1 aliphatic rings. The van der Waals surface area contributed by atoms with E-state index < -0.39 is 0 Å². The molecule has 0 saturated carbocycles. The molecule has 1 fully saturated rings. The summed E-state index contributed by atoms with van der Waals surface area (Å²) in [6, 6.07) is 9.02. The molecule has 0 atom stereocenters. The lowest BCUT2D eigenvalue weighted by molar-refractivity contribution is 0.930. The fourth-order valence-electron chi connectivity index (χ4n) is 4.03. The van der Waals surface area contributed by atoms with E-state index >= 15 is 0 Å². The van der Waals surface area contributed by atoms with Crippen molar-refractivity contribution in [1.29, 1.82) is 0 Å². The van der Waals surface area contributed by atoms with Crippen LogP contribution in [0, 0.1) is 34.6 Å². The van der Waals surface area contributed by atoms with Gasteiger partial charge in [-0.05, 0) is 69.0 Å². The first kappa shape index (κ1) is 16.4. The van der Waals surface area contributed by atoms with Gasteiger partial charge in [-0.15, -0.1) is 0 Å². The molecule has 0 radical (unpaired) electrons. The molecule has 1 saturated heterocycles. The molecule has 3 heteroatoms. The third-order valence-corrected chi connectivity index (χ3v) is 5.16. The van der Waals surface area contributed by atoms with Crippen LogP contribution in [-0.4, -0.2) is 19.8 Å². The predicted octanol–water partition coefficient (Wildman–Crippen LogP) is 5.28. The van der Waals surface area contributed by atoms with Crippen molar-refractivity contribution in [3.63, 3.8) is 0 Å². The van der Waals surface area contributed by atoms with Crippen LogP contribution in [-0.2, 0) is 0 Å². The molecule has 0 spiro atoms. The van der Waals surface area contributed by atoms with Crippen LogP contribution in [0.1, 0.15) is 27.8 Å². The summed E-state index contributed by atoms with van der Waals surface area (Å²) < 4.78 is 1.16. The van der Waals surface area contributed by atoms with Crippen LogP contribution < -0.4 is 9.80 Å². The van der Waals surface area contributed by atoms with E-state index in [4.69, 9.17) is 0 Å². The quantitative estimate of drug-likeness (QED) is 0.707. The van der Waals surface area contributed by atoms with E-state index in [2.05, 4.69) is 84.6 Å². The summed E-state index contributed by atoms with van der Waals surface area (Å²) in [4.78, 5) is 5.03. The van der Waals surface area contributed by atoms with Gasteiger partial charge in [0, 0.05) is 28.9 Å². The van der Waals surface area contributed by atoms with Gasteiger partial charge in [-0.3, -0.25) is 0 Å². The van der Waals surface area contributed by atoms with E-state index in [0.29, 0.717) is 0 Å². The third-order valence-electron chi connectivity index (χ3n) is 4.70. The van der Waals surface area contributed by atoms with Crippen molar-refractivity contribution in [1.82, 2.24) is 0 Å². The molecule has 3 rings (SSSR count). The van der Waals surface area contributed by atoms with E-state index in [1.165, 1.54) is 39.2 Å². The molecule has 0 aromatic heterocycles. The normalized spacial score (nSPS) is 14.7. The molecule has 2 aromatic carbocycles. The Labute approximate surface area is 148 Å². The zero-order valence-electron chi connectivity index (χ0n) is 14.7. The first-order chi connectivity index (χ1) is 10.9. The molecule has 0 bridgehead atoms. The van der Waals surface area contributed by atoms with Gasteiger partial charge in [-0.2, -0.15) is 0 Å². The monoisotopic (exact) mass is 372 g/mol. The van der Waals surface area contributed by atoms with Crippen molar-refractivity contribution in [2.75, 3.05) is 29.6 Å². The highest BCUT2D eigenvalue weighted by Gasteiger charge is 2.25. The molecule has 0 amide bonds. The average molecular weight is 373 g/mol. The topological polar surface area (TPSA) is 6.48 Å². The van der Waals surface area contributed by atoms with Gasteiger partial charge >= 0.3 is 0 Å². The molecular weight excluding hydrogens is 348 g/mol. The van der Waals surface area contributed by atoms with Crippen molar-refractivity contribution in [2.45, 2.75) is 34.6 Å². The van der Waals surface area contributed by atoms with Crippen LogP contribution in [0.3, 0.4) is 0 Å². The van der Waals surface area contributed by atoms with Crippen LogP contribution in [0.2, 0.25) is 0 Å². The van der Waals surface area contributed by atoms with E-state index in [0.717, 1.165) is 24.2 Å². The van der Waals surface area contributed by atoms with Crippen LogP contribution in [0.25, 0.3) is 0 Å². The first-order valence-electron chi connectivity index (χ1n) is 8.21. The first-order valence-corrected chi connectivity index (χ1v) is 9.00. The van der Waals surface area contributed by atoms with Crippen molar-refractivity contribution < 1.29 is 0 Å². The summed E-state index contributed by atoms with van der Waals surface area (Å²) in [5.74, 6) is 0. The van der Waals surface area contributed by atoms with Crippen LogP contribution in [0.4, 0.5) is 11.4 Å². The summed E-state index contributed by atoms with van der Waals surface area (Å²) in [5.41, 5.74) is 9.59. The molecule has 0 unspecified atom stereocenters. The molecule has 2 nitrogen and oxygen atoms in total. The SMILES string of the molecule is Cc1cc(C)c(N2CCN(c3c(C)cc(Br)cc3C)C2)c(C)c1. The number of aryl methyl sites for hydroxylation is 5. The Bertz CT molecular complexity index is 642. The summed E-state index contributed by atoms with van der Waals surface area (Å²) in [5, 5.41) is 0.